The largest absolute Gasteiger partial charge is 0.390 e. The van der Waals surface area contributed by atoms with E-state index in [0.717, 1.165) is 0 Å². The summed E-state index contributed by atoms with van der Waals surface area (Å²) in [5.74, 6) is 0. The van der Waals surface area contributed by atoms with E-state index in [9.17, 15) is 4.39 Å². The molecule has 0 saturated carbocycles. The zero-order valence-electron chi connectivity index (χ0n) is 4.51. The number of aliphatic hydroxyl groups excluding tert-OH is 1. The molecule has 1 heterocycles. The van der Waals surface area contributed by atoms with Crippen LogP contribution in [0.1, 0.15) is 6.42 Å². The van der Waals surface area contributed by atoms with Crippen LogP contribution in [-0.4, -0.2) is 30.6 Å². The first kappa shape index (κ1) is 5.98. The van der Waals surface area contributed by atoms with Gasteiger partial charge in [0.05, 0.1) is 12.7 Å². The molecule has 0 unspecified atom stereocenters. The first-order valence-corrected chi connectivity index (χ1v) is 2.70. The Labute approximate surface area is 47.3 Å². The Balaban J connectivity index is 2.28. The van der Waals surface area contributed by atoms with Gasteiger partial charge in [-0.05, 0) is 6.42 Å². The number of alkyl halides is 1. The Morgan fingerprint density at radius 3 is 2.75 bits per heavy atom. The van der Waals surface area contributed by atoms with Crippen LogP contribution in [0.2, 0.25) is 0 Å². The molecule has 0 aromatic rings. The van der Waals surface area contributed by atoms with Crippen molar-refractivity contribution < 1.29 is 14.2 Å². The Morgan fingerprint density at radius 1 is 1.62 bits per heavy atom. The first-order chi connectivity index (χ1) is 3.80. The van der Waals surface area contributed by atoms with Crippen LogP contribution in [0, 0.1) is 0 Å². The molecule has 1 N–H and O–H groups in total. The smallest absolute Gasteiger partial charge is 0.149 e. The van der Waals surface area contributed by atoms with Crippen molar-refractivity contribution in [1.29, 1.82) is 0 Å². The summed E-state index contributed by atoms with van der Waals surface area (Å²) in [6.45, 7) is 0.544. The van der Waals surface area contributed by atoms with Crippen LogP contribution in [0.15, 0.2) is 0 Å². The summed E-state index contributed by atoms with van der Waals surface area (Å²) in [7, 11) is 0. The second-order valence-electron chi connectivity index (χ2n) is 1.95. The van der Waals surface area contributed by atoms with E-state index in [-0.39, 0.29) is 6.61 Å². The summed E-state index contributed by atoms with van der Waals surface area (Å²) in [6, 6.07) is 0. The van der Waals surface area contributed by atoms with Gasteiger partial charge in [-0.1, -0.05) is 0 Å². The lowest BCUT2D eigenvalue weighted by Gasteiger charge is -2.20. The van der Waals surface area contributed by atoms with Gasteiger partial charge in [0.15, 0.2) is 0 Å². The molecule has 0 aromatic heterocycles. The monoisotopic (exact) mass is 120 g/mol. The third kappa shape index (κ3) is 1.17. The number of ether oxygens (including phenoxy) is 1. The molecule has 1 fully saturated rings. The highest BCUT2D eigenvalue weighted by Crippen LogP contribution is 2.09. The summed E-state index contributed by atoms with van der Waals surface area (Å²) in [5, 5.41) is 8.72. The number of aliphatic hydroxyl groups is 1. The van der Waals surface area contributed by atoms with Crippen LogP contribution in [-0.2, 0) is 4.74 Å². The van der Waals surface area contributed by atoms with Gasteiger partial charge < -0.3 is 9.84 Å². The summed E-state index contributed by atoms with van der Waals surface area (Å²) in [5.41, 5.74) is 0. The Kier molecular flexibility index (Phi) is 1.81. The van der Waals surface area contributed by atoms with Gasteiger partial charge in [-0.25, -0.2) is 4.39 Å². The van der Waals surface area contributed by atoms with E-state index in [2.05, 4.69) is 0 Å². The molecule has 0 radical (unpaired) electrons. The Hall–Kier alpha value is -0.150. The fourth-order valence-electron chi connectivity index (χ4n) is 0.692. The van der Waals surface area contributed by atoms with Crippen molar-refractivity contribution in [2.24, 2.45) is 0 Å². The molecule has 3 heteroatoms. The van der Waals surface area contributed by atoms with Crippen LogP contribution in [0.4, 0.5) is 4.39 Å². The van der Waals surface area contributed by atoms with Gasteiger partial charge in [0.25, 0.3) is 0 Å². The minimum atomic E-state index is -1.16. The van der Waals surface area contributed by atoms with Gasteiger partial charge >= 0.3 is 0 Å². The molecule has 8 heavy (non-hydrogen) atoms. The SMILES string of the molecule is O[C@@H]1CCOC[C@H]1F. The van der Waals surface area contributed by atoms with Crippen LogP contribution in [0.25, 0.3) is 0 Å². The Bertz CT molecular complexity index is 66.8. The predicted molar refractivity (Wildman–Crippen MR) is 26.3 cm³/mol. The molecule has 1 aliphatic heterocycles. The molecule has 1 aliphatic rings. The third-order valence-corrected chi connectivity index (χ3v) is 1.25. The molecule has 2 nitrogen and oxygen atoms in total. The molecule has 1 rings (SSSR count). The summed E-state index contributed by atoms with van der Waals surface area (Å²) in [4.78, 5) is 0. The number of hydrogen-bond donors (Lipinski definition) is 1. The number of rotatable bonds is 0. The molecule has 0 amide bonds. The second kappa shape index (κ2) is 2.42. The van der Waals surface area contributed by atoms with Crippen molar-refractivity contribution in [3.63, 3.8) is 0 Å². The normalized spacial score (nSPS) is 39.8. The van der Waals surface area contributed by atoms with E-state index in [0.29, 0.717) is 13.0 Å². The number of halogens is 1. The summed E-state index contributed by atoms with van der Waals surface area (Å²) >= 11 is 0. The highest BCUT2D eigenvalue weighted by molar-refractivity contribution is 4.70. The van der Waals surface area contributed by atoms with E-state index < -0.39 is 12.3 Å². The van der Waals surface area contributed by atoms with Gasteiger partial charge in [-0.15, -0.1) is 0 Å². The van der Waals surface area contributed by atoms with Crippen molar-refractivity contribution in [3.8, 4) is 0 Å². The topological polar surface area (TPSA) is 29.5 Å². The lowest BCUT2D eigenvalue weighted by Crippen LogP contribution is -2.32. The number of hydrogen-bond acceptors (Lipinski definition) is 2. The lowest BCUT2D eigenvalue weighted by molar-refractivity contribution is -0.0493. The van der Waals surface area contributed by atoms with E-state index >= 15 is 0 Å². The van der Waals surface area contributed by atoms with Gasteiger partial charge in [0.2, 0.25) is 0 Å². The van der Waals surface area contributed by atoms with Crippen LogP contribution >= 0.6 is 0 Å². The van der Waals surface area contributed by atoms with Gasteiger partial charge in [-0.2, -0.15) is 0 Å². The standard InChI is InChI=1S/C5H9FO2/c6-4-3-8-2-1-5(4)7/h4-5,7H,1-3H2/t4-,5-/m1/s1. The molecule has 48 valence electrons. The van der Waals surface area contributed by atoms with Crippen LogP contribution in [0.3, 0.4) is 0 Å². The minimum absolute atomic E-state index is 0.0567. The van der Waals surface area contributed by atoms with Crippen molar-refractivity contribution in [1.82, 2.24) is 0 Å². The van der Waals surface area contributed by atoms with Gasteiger partial charge in [0, 0.05) is 6.61 Å². The predicted octanol–water partition coefficient (Wildman–Crippen LogP) is 0.106. The molecule has 0 aliphatic carbocycles. The maximum Gasteiger partial charge on any atom is 0.149 e. The van der Waals surface area contributed by atoms with Crippen LogP contribution < -0.4 is 0 Å². The average molecular weight is 120 g/mol. The van der Waals surface area contributed by atoms with Crippen molar-refractivity contribution in [3.05, 3.63) is 0 Å². The van der Waals surface area contributed by atoms with Crippen LogP contribution in [0.5, 0.6) is 0 Å². The molecular formula is C5H9FO2. The fraction of sp³-hybridized carbons (Fsp3) is 1.00. The maximum absolute atomic E-state index is 12.2. The van der Waals surface area contributed by atoms with Crippen molar-refractivity contribution in [2.75, 3.05) is 13.2 Å². The van der Waals surface area contributed by atoms with Crippen molar-refractivity contribution in [2.45, 2.75) is 18.7 Å². The lowest BCUT2D eigenvalue weighted by atomic mass is 10.1. The zero-order chi connectivity index (χ0) is 5.98. The van der Waals surface area contributed by atoms with E-state index in [1.165, 1.54) is 0 Å². The highest BCUT2D eigenvalue weighted by atomic mass is 19.1. The molecular weight excluding hydrogens is 111 g/mol. The molecule has 0 spiro atoms. The highest BCUT2D eigenvalue weighted by Gasteiger charge is 2.22. The fourth-order valence-corrected chi connectivity index (χ4v) is 0.692. The minimum Gasteiger partial charge on any atom is -0.390 e. The second-order valence-corrected chi connectivity index (χ2v) is 1.95. The zero-order valence-corrected chi connectivity index (χ0v) is 4.51. The molecule has 0 aromatic carbocycles. The van der Waals surface area contributed by atoms with E-state index in [1.54, 1.807) is 0 Å². The summed E-state index contributed by atoms with van der Waals surface area (Å²) < 4.78 is 16.9. The van der Waals surface area contributed by atoms with E-state index in [1.807, 2.05) is 0 Å². The quantitative estimate of drug-likeness (QED) is 0.491. The first-order valence-electron chi connectivity index (χ1n) is 2.70. The third-order valence-electron chi connectivity index (χ3n) is 1.25. The summed E-state index contributed by atoms with van der Waals surface area (Å²) in [6.07, 6.45) is -1.52. The maximum atomic E-state index is 12.2. The molecule has 1 saturated heterocycles. The molecule has 2 atom stereocenters. The van der Waals surface area contributed by atoms with Gasteiger partial charge in [-0.3, -0.25) is 0 Å². The van der Waals surface area contributed by atoms with Crippen molar-refractivity contribution >= 4 is 0 Å². The van der Waals surface area contributed by atoms with Gasteiger partial charge in [0.1, 0.15) is 6.17 Å². The molecule has 0 bridgehead atoms. The van der Waals surface area contributed by atoms with E-state index in [4.69, 9.17) is 9.84 Å². The Morgan fingerprint density at radius 2 is 2.38 bits per heavy atom. The average Bonchev–Trinajstić information content (AvgIpc) is 1.77.